The van der Waals surface area contributed by atoms with Gasteiger partial charge in [0.25, 0.3) is 5.92 Å². The van der Waals surface area contributed by atoms with E-state index in [4.69, 9.17) is 4.74 Å². The molecule has 1 fully saturated rings. The number of benzene rings is 1. The summed E-state index contributed by atoms with van der Waals surface area (Å²) in [6, 6.07) is 6.95. The maximum absolute atomic E-state index is 13.4. The quantitative estimate of drug-likeness (QED) is 0.746. The smallest absolute Gasteiger partial charge is 0.254 e. The third kappa shape index (κ3) is 1.60. The van der Waals surface area contributed by atoms with Crippen molar-refractivity contribution in [2.75, 3.05) is 7.11 Å². The lowest BCUT2D eigenvalue weighted by Crippen LogP contribution is -2.29. The molecule has 1 saturated carbocycles. The minimum Gasteiger partial charge on any atom is -0.497 e. The summed E-state index contributed by atoms with van der Waals surface area (Å²) in [5.41, 5.74) is -0.199. The van der Waals surface area contributed by atoms with Gasteiger partial charge in [0, 0.05) is 6.92 Å². The average Bonchev–Trinajstić information content (AvgIpc) is 2.98. The molecule has 82 valence electrons. The van der Waals surface area contributed by atoms with Crippen molar-refractivity contribution in [1.29, 1.82) is 0 Å². The van der Waals surface area contributed by atoms with Crippen molar-refractivity contribution >= 4 is 0 Å². The Balaban J connectivity index is 2.30. The Hall–Kier alpha value is -1.12. The van der Waals surface area contributed by atoms with E-state index in [9.17, 15) is 8.78 Å². The first kappa shape index (κ1) is 10.4. The zero-order valence-corrected chi connectivity index (χ0v) is 8.89. The van der Waals surface area contributed by atoms with Gasteiger partial charge >= 0.3 is 0 Å². The lowest BCUT2D eigenvalue weighted by molar-refractivity contribution is -0.0200. The molecule has 0 amide bonds. The monoisotopic (exact) mass is 212 g/mol. The molecule has 1 nitrogen and oxygen atoms in total. The zero-order valence-electron chi connectivity index (χ0n) is 8.89. The van der Waals surface area contributed by atoms with Gasteiger partial charge in [0.1, 0.15) is 5.75 Å². The number of alkyl halides is 2. The van der Waals surface area contributed by atoms with Crippen molar-refractivity contribution in [3.05, 3.63) is 29.8 Å². The van der Waals surface area contributed by atoms with Crippen LogP contribution in [0.4, 0.5) is 8.78 Å². The van der Waals surface area contributed by atoms with Gasteiger partial charge in [0.15, 0.2) is 0 Å². The van der Waals surface area contributed by atoms with Crippen LogP contribution in [0.1, 0.15) is 25.3 Å². The van der Waals surface area contributed by atoms with Crippen LogP contribution >= 0.6 is 0 Å². The fraction of sp³-hybridized carbons (Fsp3) is 0.500. The Morgan fingerprint density at radius 1 is 1.20 bits per heavy atom. The second-order valence-electron chi connectivity index (χ2n) is 4.20. The number of methoxy groups -OCH3 is 1. The van der Waals surface area contributed by atoms with Gasteiger partial charge in [-0.2, -0.15) is 0 Å². The molecule has 0 heterocycles. The summed E-state index contributed by atoms with van der Waals surface area (Å²) in [7, 11) is 1.57. The van der Waals surface area contributed by atoms with Crippen LogP contribution in [0.3, 0.4) is 0 Å². The minimum atomic E-state index is -2.64. The second kappa shape index (κ2) is 3.19. The van der Waals surface area contributed by atoms with Crippen LogP contribution in [0.15, 0.2) is 24.3 Å². The fourth-order valence-electron chi connectivity index (χ4n) is 2.02. The van der Waals surface area contributed by atoms with Gasteiger partial charge in [-0.05, 0) is 30.5 Å². The molecular weight excluding hydrogens is 198 g/mol. The second-order valence-corrected chi connectivity index (χ2v) is 4.20. The highest BCUT2D eigenvalue weighted by atomic mass is 19.3. The molecule has 0 radical (unpaired) electrons. The number of rotatable bonds is 3. The van der Waals surface area contributed by atoms with E-state index in [-0.39, 0.29) is 0 Å². The lowest BCUT2D eigenvalue weighted by atomic mass is 9.90. The van der Waals surface area contributed by atoms with E-state index < -0.39 is 11.3 Å². The predicted molar refractivity (Wildman–Crippen MR) is 54.5 cm³/mol. The lowest BCUT2D eigenvalue weighted by Gasteiger charge is -2.23. The van der Waals surface area contributed by atoms with E-state index in [1.54, 1.807) is 31.4 Å². The van der Waals surface area contributed by atoms with Crippen molar-refractivity contribution in [2.45, 2.75) is 31.1 Å². The molecule has 1 aromatic rings. The summed E-state index contributed by atoms with van der Waals surface area (Å²) >= 11 is 0. The molecule has 0 N–H and O–H groups in total. The molecular formula is C12H14F2O. The molecule has 15 heavy (non-hydrogen) atoms. The first-order chi connectivity index (χ1) is 6.99. The zero-order chi connectivity index (χ0) is 11.1. The summed E-state index contributed by atoms with van der Waals surface area (Å²) in [6.45, 7) is 1.00. The number of hydrogen-bond acceptors (Lipinski definition) is 1. The highest BCUT2D eigenvalue weighted by Gasteiger charge is 2.59. The Labute approximate surface area is 88.1 Å². The first-order valence-electron chi connectivity index (χ1n) is 5.02. The summed E-state index contributed by atoms with van der Waals surface area (Å²) in [5.74, 6) is -1.93. The molecule has 0 aromatic heterocycles. The van der Waals surface area contributed by atoms with E-state index >= 15 is 0 Å². The summed E-state index contributed by atoms with van der Waals surface area (Å²) in [6.07, 6.45) is 1.14. The molecule has 1 aliphatic rings. The summed E-state index contributed by atoms with van der Waals surface area (Å²) in [5, 5.41) is 0. The van der Waals surface area contributed by atoms with Crippen LogP contribution in [-0.4, -0.2) is 13.0 Å². The predicted octanol–water partition coefficient (Wildman–Crippen LogP) is 3.38. The molecule has 0 unspecified atom stereocenters. The van der Waals surface area contributed by atoms with E-state index in [2.05, 4.69) is 0 Å². The van der Waals surface area contributed by atoms with Crippen LogP contribution in [0, 0.1) is 0 Å². The van der Waals surface area contributed by atoms with E-state index in [1.165, 1.54) is 0 Å². The van der Waals surface area contributed by atoms with Gasteiger partial charge in [0.2, 0.25) is 0 Å². The van der Waals surface area contributed by atoms with Crippen LogP contribution in [-0.2, 0) is 5.41 Å². The number of ether oxygens (including phenoxy) is 1. The van der Waals surface area contributed by atoms with E-state index in [0.29, 0.717) is 18.6 Å². The maximum Gasteiger partial charge on any atom is 0.254 e. The first-order valence-corrected chi connectivity index (χ1v) is 5.02. The Morgan fingerprint density at radius 3 is 2.07 bits per heavy atom. The molecule has 0 saturated heterocycles. The Morgan fingerprint density at radius 2 is 1.73 bits per heavy atom. The van der Waals surface area contributed by atoms with Gasteiger partial charge in [0.05, 0.1) is 12.5 Å². The van der Waals surface area contributed by atoms with Crippen molar-refractivity contribution in [3.8, 4) is 5.75 Å². The highest BCUT2D eigenvalue weighted by Crippen LogP contribution is 2.58. The topological polar surface area (TPSA) is 9.23 Å². The third-order valence-electron chi connectivity index (χ3n) is 3.23. The third-order valence-corrected chi connectivity index (χ3v) is 3.23. The van der Waals surface area contributed by atoms with E-state index in [0.717, 1.165) is 12.5 Å². The summed E-state index contributed by atoms with van der Waals surface area (Å²) < 4.78 is 31.8. The van der Waals surface area contributed by atoms with Crippen molar-refractivity contribution in [2.24, 2.45) is 0 Å². The Kier molecular flexibility index (Phi) is 2.21. The van der Waals surface area contributed by atoms with E-state index in [1.807, 2.05) is 0 Å². The van der Waals surface area contributed by atoms with Crippen molar-refractivity contribution in [1.82, 2.24) is 0 Å². The highest BCUT2D eigenvalue weighted by molar-refractivity contribution is 5.38. The Bertz CT molecular complexity index is 347. The standard InChI is InChI=1S/C12H14F2O/c1-11(13,14)12(7-8-12)9-3-5-10(15-2)6-4-9/h3-6H,7-8H2,1-2H3. The molecule has 1 aliphatic carbocycles. The van der Waals surface area contributed by atoms with Crippen LogP contribution < -0.4 is 4.74 Å². The van der Waals surface area contributed by atoms with Crippen LogP contribution in [0.5, 0.6) is 5.75 Å². The van der Waals surface area contributed by atoms with Gasteiger partial charge in [-0.25, -0.2) is 8.78 Å². The van der Waals surface area contributed by atoms with Crippen LogP contribution in [0.25, 0.3) is 0 Å². The molecule has 1 aromatic carbocycles. The van der Waals surface area contributed by atoms with Gasteiger partial charge < -0.3 is 4.74 Å². The van der Waals surface area contributed by atoms with Gasteiger partial charge in [-0.3, -0.25) is 0 Å². The van der Waals surface area contributed by atoms with Crippen molar-refractivity contribution < 1.29 is 13.5 Å². The number of halogens is 2. The average molecular weight is 212 g/mol. The van der Waals surface area contributed by atoms with Crippen molar-refractivity contribution in [3.63, 3.8) is 0 Å². The minimum absolute atomic E-state index is 0.572. The molecule has 0 bridgehead atoms. The van der Waals surface area contributed by atoms with Gasteiger partial charge in [-0.1, -0.05) is 12.1 Å². The molecule has 0 aliphatic heterocycles. The molecule has 0 atom stereocenters. The largest absolute Gasteiger partial charge is 0.497 e. The molecule has 0 spiro atoms. The summed E-state index contributed by atoms with van der Waals surface area (Å²) in [4.78, 5) is 0. The normalized spacial score (nSPS) is 18.7. The molecule has 2 rings (SSSR count). The number of hydrogen-bond donors (Lipinski definition) is 0. The molecule has 3 heteroatoms. The van der Waals surface area contributed by atoms with Gasteiger partial charge in [-0.15, -0.1) is 0 Å². The SMILES string of the molecule is COc1ccc(C2(C(C)(F)F)CC2)cc1. The van der Waals surface area contributed by atoms with Crippen LogP contribution in [0.2, 0.25) is 0 Å². The fourth-order valence-corrected chi connectivity index (χ4v) is 2.02. The maximum atomic E-state index is 13.4.